The third kappa shape index (κ3) is 8.64. The van der Waals surface area contributed by atoms with Crippen LogP contribution < -0.4 is 0 Å². The van der Waals surface area contributed by atoms with Gasteiger partial charge in [-0.3, -0.25) is 4.90 Å². The summed E-state index contributed by atoms with van der Waals surface area (Å²) in [7, 11) is -1.22. The first-order valence-electron chi connectivity index (χ1n) is 10.4. The number of unbranched alkanes of at least 4 members (excludes halogenated alkanes) is 7. The van der Waals surface area contributed by atoms with Gasteiger partial charge in [0.2, 0.25) is 0 Å². The molecule has 1 rings (SSSR count). The van der Waals surface area contributed by atoms with Crippen molar-refractivity contribution in [3.63, 3.8) is 0 Å². The number of rotatable bonds is 12. The summed E-state index contributed by atoms with van der Waals surface area (Å²) >= 11 is 0. The molecule has 0 spiro atoms. The number of hydrogen-bond donors (Lipinski definition) is 0. The van der Waals surface area contributed by atoms with Gasteiger partial charge in [-0.15, -0.1) is 0 Å². The molecule has 0 aromatic carbocycles. The fourth-order valence-corrected chi connectivity index (χ4v) is 6.66. The zero-order valence-corrected chi connectivity index (χ0v) is 17.8. The summed E-state index contributed by atoms with van der Waals surface area (Å²) in [6.07, 6.45) is 11.4. The second-order valence-electron chi connectivity index (χ2n) is 8.36. The molecule has 4 heteroatoms. The highest BCUT2D eigenvalue weighted by atomic mass is 28.3. The van der Waals surface area contributed by atoms with Crippen molar-refractivity contribution in [2.75, 3.05) is 32.7 Å². The maximum Gasteiger partial charge on any atom is 0.122 e. The minimum Gasteiger partial charge on any atom is -0.321 e. The molecule has 0 aromatic heterocycles. The lowest BCUT2D eigenvalue weighted by Gasteiger charge is -2.43. The largest absolute Gasteiger partial charge is 0.321 e. The maximum atomic E-state index is 8.97. The Balaban J connectivity index is 2.14. The molecule has 0 radical (unpaired) electrons. The second kappa shape index (κ2) is 12.1. The highest BCUT2D eigenvalue weighted by Crippen LogP contribution is 2.22. The van der Waals surface area contributed by atoms with E-state index >= 15 is 0 Å². The van der Waals surface area contributed by atoms with Gasteiger partial charge in [0, 0.05) is 32.7 Å². The first-order valence-corrected chi connectivity index (χ1v) is 13.5. The van der Waals surface area contributed by atoms with Gasteiger partial charge in [-0.2, -0.15) is 5.26 Å². The summed E-state index contributed by atoms with van der Waals surface area (Å²) < 4.78 is 2.81. The molecule has 1 heterocycles. The summed E-state index contributed by atoms with van der Waals surface area (Å²) in [5.41, 5.74) is 0. The number of nitrogens with zero attached hydrogens (tertiary/aromatic N) is 3. The highest BCUT2D eigenvalue weighted by molar-refractivity contribution is 6.74. The van der Waals surface area contributed by atoms with Gasteiger partial charge >= 0.3 is 0 Å². The van der Waals surface area contributed by atoms with Gasteiger partial charge in [0.15, 0.2) is 0 Å². The Hall–Kier alpha value is -0.373. The topological polar surface area (TPSA) is 30.3 Å². The molecular weight excluding hydrogens is 310 g/mol. The van der Waals surface area contributed by atoms with Crippen molar-refractivity contribution in [3.8, 4) is 6.07 Å². The molecule has 1 aliphatic heterocycles. The molecule has 0 amide bonds. The van der Waals surface area contributed by atoms with E-state index in [1.165, 1.54) is 70.5 Å². The average molecular weight is 352 g/mol. The van der Waals surface area contributed by atoms with Crippen LogP contribution in [-0.2, 0) is 0 Å². The van der Waals surface area contributed by atoms with Gasteiger partial charge < -0.3 is 4.57 Å². The Labute approximate surface area is 152 Å². The molecule has 0 aliphatic carbocycles. The van der Waals surface area contributed by atoms with Crippen LogP contribution in [0.3, 0.4) is 0 Å². The van der Waals surface area contributed by atoms with E-state index in [0.717, 1.165) is 19.6 Å². The number of nitriles is 1. The van der Waals surface area contributed by atoms with E-state index in [1.807, 2.05) is 6.92 Å². The average Bonchev–Trinajstić information content (AvgIpc) is 2.57. The van der Waals surface area contributed by atoms with Gasteiger partial charge in [-0.1, -0.05) is 71.4 Å². The van der Waals surface area contributed by atoms with E-state index in [0.29, 0.717) is 0 Å². The predicted octanol–water partition coefficient (Wildman–Crippen LogP) is 5.11. The smallest absolute Gasteiger partial charge is 0.122 e. The van der Waals surface area contributed by atoms with E-state index in [2.05, 4.69) is 35.6 Å². The van der Waals surface area contributed by atoms with Crippen LogP contribution in [-0.4, -0.2) is 50.4 Å². The van der Waals surface area contributed by atoms with Gasteiger partial charge in [-0.25, -0.2) is 0 Å². The molecule has 1 atom stereocenters. The van der Waals surface area contributed by atoms with E-state index in [-0.39, 0.29) is 5.92 Å². The van der Waals surface area contributed by atoms with Crippen LogP contribution in [0.2, 0.25) is 19.1 Å². The lowest BCUT2D eigenvalue weighted by molar-refractivity contribution is 0.173. The minimum absolute atomic E-state index is 0.166. The third-order valence-corrected chi connectivity index (χ3v) is 9.36. The lowest BCUT2D eigenvalue weighted by atomic mass is 10.1. The Bertz CT molecular complexity index is 356. The number of hydrogen-bond acceptors (Lipinski definition) is 3. The first-order chi connectivity index (χ1) is 11.5. The Kier molecular flexibility index (Phi) is 10.9. The standard InChI is InChI=1S/C20H41N3Si/c1-5-6-7-8-9-10-11-12-17-24(3,4)23-15-13-22(14-16-23)19-20(2)18-21/h20H,5-17,19H2,1-4H3. The van der Waals surface area contributed by atoms with Crippen LogP contribution in [0.5, 0.6) is 0 Å². The fraction of sp³-hybridized carbons (Fsp3) is 0.950. The lowest BCUT2D eigenvalue weighted by Crippen LogP contribution is -2.57. The zero-order chi connectivity index (χ0) is 17.8. The molecule has 0 bridgehead atoms. The van der Waals surface area contributed by atoms with Crippen LogP contribution in [0.25, 0.3) is 0 Å². The molecule has 0 aromatic rings. The summed E-state index contributed by atoms with van der Waals surface area (Å²) in [5, 5.41) is 8.97. The van der Waals surface area contributed by atoms with Crippen LogP contribution in [0, 0.1) is 17.2 Å². The molecule has 1 fully saturated rings. The predicted molar refractivity (Wildman–Crippen MR) is 108 cm³/mol. The zero-order valence-electron chi connectivity index (χ0n) is 16.8. The molecule has 3 nitrogen and oxygen atoms in total. The summed E-state index contributed by atoms with van der Waals surface area (Å²) in [6.45, 7) is 15.1. The van der Waals surface area contributed by atoms with Gasteiger partial charge in [0.1, 0.15) is 8.24 Å². The summed E-state index contributed by atoms with van der Waals surface area (Å²) in [6, 6.07) is 3.82. The fourth-order valence-electron chi connectivity index (χ4n) is 3.81. The second-order valence-corrected chi connectivity index (χ2v) is 13.1. The van der Waals surface area contributed by atoms with Crippen molar-refractivity contribution < 1.29 is 0 Å². The van der Waals surface area contributed by atoms with Crippen molar-refractivity contribution in [2.45, 2.75) is 84.4 Å². The van der Waals surface area contributed by atoms with Crippen LogP contribution >= 0.6 is 0 Å². The molecule has 0 N–H and O–H groups in total. The first kappa shape index (κ1) is 21.7. The van der Waals surface area contributed by atoms with Crippen molar-refractivity contribution in [1.82, 2.24) is 9.47 Å². The van der Waals surface area contributed by atoms with Gasteiger partial charge in [-0.05, 0) is 13.0 Å². The number of piperazine rings is 1. The normalized spacial score (nSPS) is 18.5. The SMILES string of the molecule is CCCCCCCCCC[Si](C)(C)N1CCN(CC(C)C#N)CC1. The molecular formula is C20H41N3Si. The van der Waals surface area contributed by atoms with Crippen LogP contribution in [0.1, 0.15) is 65.2 Å². The molecule has 0 saturated carbocycles. The monoisotopic (exact) mass is 351 g/mol. The van der Waals surface area contributed by atoms with Crippen molar-refractivity contribution in [3.05, 3.63) is 0 Å². The van der Waals surface area contributed by atoms with E-state index in [4.69, 9.17) is 5.26 Å². The van der Waals surface area contributed by atoms with Gasteiger partial charge in [0.25, 0.3) is 0 Å². The van der Waals surface area contributed by atoms with Gasteiger partial charge in [0.05, 0.1) is 12.0 Å². The van der Waals surface area contributed by atoms with E-state index in [9.17, 15) is 0 Å². The summed E-state index contributed by atoms with van der Waals surface area (Å²) in [5.74, 6) is 0.166. The Morgan fingerprint density at radius 1 is 0.917 bits per heavy atom. The van der Waals surface area contributed by atoms with Crippen LogP contribution in [0.15, 0.2) is 0 Å². The Morgan fingerprint density at radius 2 is 1.46 bits per heavy atom. The maximum absolute atomic E-state index is 8.97. The quantitative estimate of drug-likeness (QED) is 0.361. The minimum atomic E-state index is -1.22. The molecule has 1 unspecified atom stereocenters. The molecule has 1 saturated heterocycles. The van der Waals surface area contributed by atoms with Crippen molar-refractivity contribution >= 4 is 8.24 Å². The van der Waals surface area contributed by atoms with E-state index < -0.39 is 8.24 Å². The Morgan fingerprint density at radius 3 is 2.00 bits per heavy atom. The third-order valence-electron chi connectivity index (χ3n) is 5.62. The van der Waals surface area contributed by atoms with E-state index in [1.54, 1.807) is 0 Å². The molecule has 140 valence electrons. The van der Waals surface area contributed by atoms with Crippen molar-refractivity contribution in [2.24, 2.45) is 5.92 Å². The molecule has 1 aliphatic rings. The summed E-state index contributed by atoms with van der Waals surface area (Å²) in [4.78, 5) is 2.48. The molecule has 24 heavy (non-hydrogen) atoms. The van der Waals surface area contributed by atoms with Crippen molar-refractivity contribution in [1.29, 1.82) is 5.26 Å². The van der Waals surface area contributed by atoms with Crippen LogP contribution in [0.4, 0.5) is 0 Å². The highest BCUT2D eigenvalue weighted by Gasteiger charge is 2.31.